The van der Waals surface area contributed by atoms with Crippen LogP contribution in [0.2, 0.25) is 0 Å². The van der Waals surface area contributed by atoms with E-state index in [4.69, 9.17) is 0 Å². The third kappa shape index (κ3) is 4.47. The van der Waals surface area contributed by atoms with Crippen molar-refractivity contribution in [2.24, 2.45) is 0 Å². The number of rotatable bonds is 7. The van der Waals surface area contributed by atoms with Crippen LogP contribution in [0.15, 0.2) is 16.7 Å². The number of carbonyl (C=O) groups excluding carboxylic acids is 1. The summed E-state index contributed by atoms with van der Waals surface area (Å²) in [5.74, 6) is 0.675. The largest absolute Gasteiger partial charge is 0.369 e. The molecule has 20 heavy (non-hydrogen) atoms. The van der Waals surface area contributed by atoms with Crippen LogP contribution in [0.4, 0.5) is 5.82 Å². The molecule has 0 fully saturated rings. The van der Waals surface area contributed by atoms with Crippen LogP contribution < -0.4 is 5.32 Å². The molecule has 0 aromatic carbocycles. The van der Waals surface area contributed by atoms with E-state index in [0.29, 0.717) is 11.4 Å². The molecule has 5 heteroatoms. The Bertz CT molecular complexity index is 451. The first kappa shape index (κ1) is 17.0. The smallest absolute Gasteiger partial charge is 0.257 e. The fraction of sp³-hybridized carbons (Fsp3) is 0.600. The molecule has 0 radical (unpaired) electrons. The number of halogens is 1. The second-order valence-corrected chi connectivity index (χ2v) is 5.95. The number of aromatic nitrogens is 1. The Morgan fingerprint density at radius 3 is 2.75 bits per heavy atom. The van der Waals surface area contributed by atoms with Crippen LogP contribution in [-0.2, 0) is 0 Å². The molecule has 4 nitrogen and oxygen atoms in total. The summed E-state index contributed by atoms with van der Waals surface area (Å²) in [5, 5.41) is 3.22. The zero-order valence-electron chi connectivity index (χ0n) is 12.7. The molecule has 0 bridgehead atoms. The van der Waals surface area contributed by atoms with Crippen molar-refractivity contribution in [3.63, 3.8) is 0 Å². The minimum absolute atomic E-state index is 0.0124. The first-order chi connectivity index (χ1) is 9.51. The number of carbonyl (C=O) groups is 1. The Balaban J connectivity index is 2.97. The van der Waals surface area contributed by atoms with Crippen molar-refractivity contribution in [1.82, 2.24) is 9.88 Å². The van der Waals surface area contributed by atoms with E-state index in [2.05, 4.69) is 47.0 Å². The summed E-state index contributed by atoms with van der Waals surface area (Å²) in [5.41, 5.74) is 0.623. The molecule has 0 aliphatic rings. The lowest BCUT2D eigenvalue weighted by atomic mass is 10.1. The molecule has 1 rings (SSSR count). The summed E-state index contributed by atoms with van der Waals surface area (Å²) in [6.07, 6.45) is 4.77. The third-order valence-electron chi connectivity index (χ3n) is 3.32. The van der Waals surface area contributed by atoms with Gasteiger partial charge in [-0.1, -0.05) is 20.3 Å². The maximum atomic E-state index is 12.6. The van der Waals surface area contributed by atoms with E-state index >= 15 is 0 Å². The van der Waals surface area contributed by atoms with Gasteiger partial charge in [0.05, 0.1) is 5.56 Å². The third-order valence-corrected chi connectivity index (χ3v) is 3.75. The highest BCUT2D eigenvalue weighted by molar-refractivity contribution is 9.10. The molecule has 1 aromatic rings. The van der Waals surface area contributed by atoms with Crippen LogP contribution in [0.5, 0.6) is 0 Å². The second-order valence-electron chi connectivity index (χ2n) is 5.03. The van der Waals surface area contributed by atoms with Crippen LogP contribution in [0.25, 0.3) is 0 Å². The first-order valence-corrected chi connectivity index (χ1v) is 7.97. The highest BCUT2D eigenvalue weighted by atomic mass is 79.9. The predicted octanol–water partition coefficient (Wildman–Crippen LogP) is 3.93. The summed E-state index contributed by atoms with van der Waals surface area (Å²) < 4.78 is 0.819. The lowest BCUT2D eigenvalue weighted by molar-refractivity contribution is 0.0737. The van der Waals surface area contributed by atoms with Crippen molar-refractivity contribution >= 4 is 27.7 Å². The number of nitrogens with zero attached hydrogens (tertiary/aromatic N) is 2. The molecule has 1 N–H and O–H groups in total. The number of amides is 1. The van der Waals surface area contributed by atoms with Gasteiger partial charge in [-0.25, -0.2) is 4.98 Å². The predicted molar refractivity (Wildman–Crippen MR) is 87.2 cm³/mol. The standard InChI is InChI=1S/C15H24BrN3O/c1-5-7-11(3)19(4)15(20)13-9-12(16)10-18-14(13)17-8-6-2/h9-11H,5-8H2,1-4H3,(H,17,18). The molecule has 0 saturated heterocycles. The van der Waals surface area contributed by atoms with E-state index in [-0.39, 0.29) is 11.9 Å². The fourth-order valence-electron chi connectivity index (χ4n) is 1.99. The van der Waals surface area contributed by atoms with Gasteiger partial charge >= 0.3 is 0 Å². The van der Waals surface area contributed by atoms with Gasteiger partial charge < -0.3 is 10.2 Å². The van der Waals surface area contributed by atoms with Crippen molar-refractivity contribution in [2.75, 3.05) is 18.9 Å². The van der Waals surface area contributed by atoms with E-state index < -0.39 is 0 Å². The van der Waals surface area contributed by atoms with E-state index in [9.17, 15) is 4.79 Å². The molecule has 112 valence electrons. The van der Waals surface area contributed by atoms with Crippen molar-refractivity contribution in [2.45, 2.75) is 46.1 Å². The molecule has 1 heterocycles. The Kier molecular flexibility index (Phi) is 6.99. The van der Waals surface area contributed by atoms with Gasteiger partial charge in [0.1, 0.15) is 5.82 Å². The topological polar surface area (TPSA) is 45.2 Å². The zero-order valence-corrected chi connectivity index (χ0v) is 14.3. The van der Waals surface area contributed by atoms with Crippen LogP contribution in [0.3, 0.4) is 0 Å². The van der Waals surface area contributed by atoms with E-state index in [0.717, 1.165) is 30.3 Å². The van der Waals surface area contributed by atoms with Crippen LogP contribution in [-0.4, -0.2) is 35.4 Å². The minimum atomic E-state index is 0.0124. The van der Waals surface area contributed by atoms with Crippen molar-refractivity contribution in [3.8, 4) is 0 Å². The SMILES string of the molecule is CCCNc1ncc(Br)cc1C(=O)N(C)C(C)CCC. The average Bonchev–Trinajstić information content (AvgIpc) is 2.44. The maximum absolute atomic E-state index is 12.6. The highest BCUT2D eigenvalue weighted by Crippen LogP contribution is 2.21. The summed E-state index contributed by atoms with van der Waals surface area (Å²) >= 11 is 3.39. The molecule has 1 unspecified atom stereocenters. The lowest BCUT2D eigenvalue weighted by Crippen LogP contribution is -2.35. The van der Waals surface area contributed by atoms with E-state index in [1.54, 1.807) is 11.1 Å². The van der Waals surface area contributed by atoms with Gasteiger partial charge in [-0.15, -0.1) is 0 Å². The quantitative estimate of drug-likeness (QED) is 0.817. The minimum Gasteiger partial charge on any atom is -0.369 e. The summed E-state index contributed by atoms with van der Waals surface area (Å²) in [4.78, 5) is 18.7. The van der Waals surface area contributed by atoms with Crippen molar-refractivity contribution < 1.29 is 4.79 Å². The maximum Gasteiger partial charge on any atom is 0.257 e. The molecule has 0 spiro atoms. The molecule has 0 aliphatic carbocycles. The van der Waals surface area contributed by atoms with E-state index in [1.165, 1.54) is 0 Å². The highest BCUT2D eigenvalue weighted by Gasteiger charge is 2.20. The van der Waals surface area contributed by atoms with Crippen LogP contribution in [0.1, 0.15) is 50.4 Å². The Morgan fingerprint density at radius 1 is 1.45 bits per heavy atom. The van der Waals surface area contributed by atoms with Gasteiger partial charge in [-0.05, 0) is 41.8 Å². The van der Waals surface area contributed by atoms with Crippen LogP contribution in [0, 0.1) is 0 Å². The molecule has 1 aromatic heterocycles. The zero-order chi connectivity index (χ0) is 15.1. The summed E-state index contributed by atoms with van der Waals surface area (Å²) in [6, 6.07) is 2.06. The van der Waals surface area contributed by atoms with Crippen molar-refractivity contribution in [3.05, 3.63) is 22.3 Å². The molecule has 1 amide bonds. The normalized spacial score (nSPS) is 12.1. The monoisotopic (exact) mass is 341 g/mol. The molecule has 0 saturated carbocycles. The van der Waals surface area contributed by atoms with Gasteiger partial charge in [0, 0.05) is 30.3 Å². The van der Waals surface area contributed by atoms with Crippen molar-refractivity contribution in [1.29, 1.82) is 0 Å². The average molecular weight is 342 g/mol. The number of hydrogen-bond acceptors (Lipinski definition) is 3. The van der Waals surface area contributed by atoms with E-state index in [1.807, 2.05) is 13.1 Å². The first-order valence-electron chi connectivity index (χ1n) is 7.17. The number of anilines is 1. The fourth-order valence-corrected chi connectivity index (χ4v) is 2.32. The Labute approximate surface area is 130 Å². The van der Waals surface area contributed by atoms with Gasteiger partial charge in [0.25, 0.3) is 5.91 Å². The summed E-state index contributed by atoms with van der Waals surface area (Å²) in [7, 11) is 1.85. The number of pyridine rings is 1. The molecular weight excluding hydrogens is 318 g/mol. The molecule has 0 aliphatic heterocycles. The molecular formula is C15H24BrN3O. The Morgan fingerprint density at radius 2 is 2.15 bits per heavy atom. The van der Waals surface area contributed by atoms with Gasteiger partial charge in [0.15, 0.2) is 0 Å². The van der Waals surface area contributed by atoms with Gasteiger partial charge in [0.2, 0.25) is 0 Å². The molecule has 1 atom stereocenters. The number of hydrogen-bond donors (Lipinski definition) is 1. The summed E-state index contributed by atoms with van der Waals surface area (Å²) in [6.45, 7) is 7.10. The lowest BCUT2D eigenvalue weighted by Gasteiger charge is -2.25. The second kappa shape index (κ2) is 8.25. The number of nitrogens with one attached hydrogen (secondary N) is 1. The van der Waals surface area contributed by atoms with Gasteiger partial charge in [-0.2, -0.15) is 0 Å². The van der Waals surface area contributed by atoms with Crippen LogP contribution >= 0.6 is 15.9 Å². The van der Waals surface area contributed by atoms with Gasteiger partial charge in [-0.3, -0.25) is 4.79 Å². The Hall–Kier alpha value is -1.10.